The van der Waals surface area contributed by atoms with Crippen LogP contribution in [-0.4, -0.2) is 28.1 Å². The van der Waals surface area contributed by atoms with Crippen molar-refractivity contribution >= 4 is 10.0 Å². The van der Waals surface area contributed by atoms with E-state index in [1.165, 1.54) is 5.56 Å². The molecule has 0 radical (unpaired) electrons. The zero-order valence-electron chi connectivity index (χ0n) is 13.4. The van der Waals surface area contributed by atoms with Gasteiger partial charge in [0.05, 0.1) is 4.90 Å². The van der Waals surface area contributed by atoms with Crippen molar-refractivity contribution in [2.75, 3.05) is 19.6 Å². The van der Waals surface area contributed by atoms with E-state index in [0.717, 1.165) is 37.9 Å². The predicted octanol–water partition coefficient (Wildman–Crippen LogP) is 2.47. The fourth-order valence-electron chi connectivity index (χ4n) is 2.39. The summed E-state index contributed by atoms with van der Waals surface area (Å²) in [4.78, 5) is 0.343. The van der Waals surface area contributed by atoms with Gasteiger partial charge in [-0.05, 0) is 49.4 Å². The molecule has 0 atom stereocenters. The second kappa shape index (κ2) is 7.90. The zero-order chi connectivity index (χ0) is 16.0. The molecule has 0 saturated carbocycles. The number of hydrogen-bond acceptors (Lipinski definition) is 3. The summed E-state index contributed by atoms with van der Waals surface area (Å²) in [5.41, 5.74) is 2.34. The van der Waals surface area contributed by atoms with Crippen molar-refractivity contribution in [3.8, 4) is 0 Å². The number of benzene rings is 1. The first-order valence-corrected chi connectivity index (χ1v) is 9.43. The first-order chi connectivity index (χ1) is 10.5. The van der Waals surface area contributed by atoms with Crippen LogP contribution in [0.1, 0.15) is 32.3 Å². The van der Waals surface area contributed by atoms with Gasteiger partial charge in [0.1, 0.15) is 0 Å². The maximum Gasteiger partial charge on any atom is 0.240 e. The van der Waals surface area contributed by atoms with Crippen molar-refractivity contribution in [3.63, 3.8) is 0 Å². The Bertz CT molecular complexity index is 604. The van der Waals surface area contributed by atoms with Crippen molar-refractivity contribution < 1.29 is 8.42 Å². The van der Waals surface area contributed by atoms with Crippen LogP contribution in [0.2, 0.25) is 0 Å². The summed E-state index contributed by atoms with van der Waals surface area (Å²) < 4.78 is 27.3. The third kappa shape index (κ3) is 5.23. The molecule has 122 valence electrons. The number of aryl methyl sites for hydroxylation is 1. The Morgan fingerprint density at radius 1 is 1.23 bits per heavy atom. The minimum Gasteiger partial charge on any atom is -0.313 e. The minimum atomic E-state index is -3.42. The molecule has 5 heteroatoms. The van der Waals surface area contributed by atoms with E-state index in [9.17, 15) is 8.42 Å². The SMILES string of the molecule is CC(C)CCc1ccc(S(=O)(=O)NCC2=CCNCC2)cc1. The molecule has 2 N–H and O–H groups in total. The molecule has 1 aromatic carbocycles. The molecule has 1 aromatic rings. The highest BCUT2D eigenvalue weighted by atomic mass is 32.2. The maximum absolute atomic E-state index is 12.3. The van der Waals surface area contributed by atoms with Gasteiger partial charge in [0.25, 0.3) is 0 Å². The quantitative estimate of drug-likeness (QED) is 0.758. The molecular weight excluding hydrogens is 296 g/mol. The van der Waals surface area contributed by atoms with E-state index in [2.05, 4.69) is 30.0 Å². The molecule has 2 rings (SSSR count). The van der Waals surface area contributed by atoms with Crippen molar-refractivity contribution in [3.05, 3.63) is 41.5 Å². The molecule has 1 aliphatic heterocycles. The lowest BCUT2D eigenvalue weighted by Gasteiger charge is -2.15. The minimum absolute atomic E-state index is 0.343. The predicted molar refractivity (Wildman–Crippen MR) is 90.4 cm³/mol. The highest BCUT2D eigenvalue weighted by Gasteiger charge is 2.14. The van der Waals surface area contributed by atoms with Crippen LogP contribution in [0.3, 0.4) is 0 Å². The first-order valence-electron chi connectivity index (χ1n) is 7.94. The second-order valence-corrected chi connectivity index (χ2v) is 7.98. The van der Waals surface area contributed by atoms with Crippen molar-refractivity contribution in [2.24, 2.45) is 5.92 Å². The number of nitrogens with one attached hydrogen (secondary N) is 2. The van der Waals surface area contributed by atoms with Gasteiger partial charge in [-0.25, -0.2) is 13.1 Å². The molecule has 1 heterocycles. The summed E-state index contributed by atoms with van der Waals surface area (Å²) in [6.07, 6.45) is 5.07. The lowest BCUT2D eigenvalue weighted by molar-refractivity contribution is 0.581. The van der Waals surface area contributed by atoms with Crippen LogP contribution in [-0.2, 0) is 16.4 Å². The van der Waals surface area contributed by atoms with E-state index in [0.29, 0.717) is 17.4 Å². The smallest absolute Gasteiger partial charge is 0.240 e. The van der Waals surface area contributed by atoms with Gasteiger partial charge < -0.3 is 5.32 Å². The van der Waals surface area contributed by atoms with Crippen LogP contribution in [0.4, 0.5) is 0 Å². The summed E-state index contributed by atoms with van der Waals surface area (Å²) in [6, 6.07) is 7.24. The molecule has 0 saturated heterocycles. The molecule has 22 heavy (non-hydrogen) atoms. The molecule has 0 amide bonds. The van der Waals surface area contributed by atoms with E-state index in [1.54, 1.807) is 12.1 Å². The van der Waals surface area contributed by atoms with E-state index < -0.39 is 10.0 Å². The molecule has 0 unspecified atom stereocenters. The molecule has 4 nitrogen and oxygen atoms in total. The third-order valence-electron chi connectivity index (χ3n) is 3.89. The van der Waals surface area contributed by atoms with E-state index in [1.807, 2.05) is 12.1 Å². The molecule has 1 aliphatic rings. The van der Waals surface area contributed by atoms with E-state index >= 15 is 0 Å². The highest BCUT2D eigenvalue weighted by Crippen LogP contribution is 2.14. The van der Waals surface area contributed by atoms with Crippen LogP contribution in [0.5, 0.6) is 0 Å². The molecule has 0 aromatic heterocycles. The lowest BCUT2D eigenvalue weighted by atomic mass is 10.0. The highest BCUT2D eigenvalue weighted by molar-refractivity contribution is 7.89. The van der Waals surface area contributed by atoms with Crippen LogP contribution < -0.4 is 10.0 Å². The van der Waals surface area contributed by atoms with Gasteiger partial charge in [-0.1, -0.05) is 37.6 Å². The average molecular weight is 322 g/mol. The largest absolute Gasteiger partial charge is 0.313 e. The normalized spacial score (nSPS) is 15.9. The first kappa shape index (κ1) is 17.2. The molecule has 0 fully saturated rings. The van der Waals surface area contributed by atoms with E-state index in [4.69, 9.17) is 0 Å². The van der Waals surface area contributed by atoms with Gasteiger partial charge in [-0.3, -0.25) is 0 Å². The Labute approximate surface area is 134 Å². The number of rotatable bonds is 7. The van der Waals surface area contributed by atoms with Crippen LogP contribution >= 0.6 is 0 Å². The average Bonchev–Trinajstić information content (AvgIpc) is 2.52. The third-order valence-corrected chi connectivity index (χ3v) is 5.31. The fraction of sp³-hybridized carbons (Fsp3) is 0.529. The van der Waals surface area contributed by atoms with Gasteiger partial charge in [0.2, 0.25) is 10.0 Å². The Balaban J connectivity index is 1.95. The van der Waals surface area contributed by atoms with Crippen LogP contribution in [0.25, 0.3) is 0 Å². The summed E-state index contributed by atoms with van der Waals surface area (Å²) >= 11 is 0. The van der Waals surface area contributed by atoms with Crippen molar-refractivity contribution in [1.29, 1.82) is 0 Å². The number of sulfonamides is 1. The van der Waals surface area contributed by atoms with Crippen molar-refractivity contribution in [1.82, 2.24) is 10.0 Å². The summed E-state index contributed by atoms with van der Waals surface area (Å²) in [5, 5.41) is 3.22. The van der Waals surface area contributed by atoms with Crippen molar-refractivity contribution in [2.45, 2.75) is 38.0 Å². The van der Waals surface area contributed by atoms with Gasteiger partial charge >= 0.3 is 0 Å². The van der Waals surface area contributed by atoms with Gasteiger partial charge in [-0.15, -0.1) is 0 Å². The van der Waals surface area contributed by atoms with Crippen LogP contribution in [0, 0.1) is 5.92 Å². The maximum atomic E-state index is 12.3. The lowest BCUT2D eigenvalue weighted by Crippen LogP contribution is -2.29. The van der Waals surface area contributed by atoms with Crippen LogP contribution in [0.15, 0.2) is 40.8 Å². The number of hydrogen-bond donors (Lipinski definition) is 2. The summed E-state index contributed by atoms with van der Waals surface area (Å²) in [7, 11) is -3.42. The monoisotopic (exact) mass is 322 g/mol. The molecule has 0 spiro atoms. The Kier molecular flexibility index (Phi) is 6.17. The Hall–Kier alpha value is -1.17. The molecular formula is C17H26N2O2S. The topological polar surface area (TPSA) is 58.2 Å². The fourth-order valence-corrected chi connectivity index (χ4v) is 3.43. The zero-order valence-corrected chi connectivity index (χ0v) is 14.2. The molecule has 0 bridgehead atoms. The van der Waals surface area contributed by atoms with Gasteiger partial charge in [-0.2, -0.15) is 0 Å². The summed E-state index contributed by atoms with van der Waals surface area (Å²) in [6.45, 7) is 6.52. The Morgan fingerprint density at radius 2 is 1.95 bits per heavy atom. The van der Waals surface area contributed by atoms with Gasteiger partial charge in [0, 0.05) is 13.1 Å². The summed E-state index contributed by atoms with van der Waals surface area (Å²) in [5.74, 6) is 0.656. The van der Waals surface area contributed by atoms with Gasteiger partial charge in [0.15, 0.2) is 0 Å². The standard InChI is InChI=1S/C17H26N2O2S/c1-14(2)3-4-15-5-7-17(8-6-15)22(20,21)19-13-16-9-11-18-12-10-16/h5-9,14,18-19H,3-4,10-13H2,1-2H3. The van der Waals surface area contributed by atoms with E-state index in [-0.39, 0.29) is 0 Å². The Morgan fingerprint density at radius 3 is 2.55 bits per heavy atom. The molecule has 0 aliphatic carbocycles. The second-order valence-electron chi connectivity index (χ2n) is 6.22.